The van der Waals surface area contributed by atoms with Gasteiger partial charge < -0.3 is 14.7 Å². The molecule has 1 fully saturated rings. The molecule has 0 atom stereocenters. The van der Waals surface area contributed by atoms with Gasteiger partial charge in [-0.1, -0.05) is 20.8 Å². The molecule has 1 aromatic heterocycles. The third kappa shape index (κ3) is 3.87. The molecule has 0 spiro atoms. The first-order chi connectivity index (χ1) is 10.3. The van der Waals surface area contributed by atoms with Gasteiger partial charge in [-0.15, -0.1) is 0 Å². The van der Waals surface area contributed by atoms with Gasteiger partial charge in [-0.25, -0.2) is 0 Å². The van der Waals surface area contributed by atoms with Crippen molar-refractivity contribution in [1.82, 2.24) is 14.7 Å². The Hall–Kier alpha value is -1.40. The van der Waals surface area contributed by atoms with Crippen LogP contribution < -0.4 is 0 Å². The highest BCUT2D eigenvalue weighted by Crippen LogP contribution is 2.23. The van der Waals surface area contributed by atoms with Crippen molar-refractivity contribution in [2.45, 2.75) is 45.1 Å². The van der Waals surface area contributed by atoms with Crippen molar-refractivity contribution >= 4 is 5.91 Å². The molecule has 124 valence electrons. The molecule has 1 amide bonds. The summed E-state index contributed by atoms with van der Waals surface area (Å²) in [4.78, 5) is 14.5. The average Bonchev–Trinajstić information content (AvgIpc) is 2.87. The molecule has 6 heteroatoms. The predicted molar refractivity (Wildman–Crippen MR) is 83.9 cm³/mol. The van der Waals surface area contributed by atoms with Gasteiger partial charge in [0, 0.05) is 25.6 Å². The first kappa shape index (κ1) is 17.0. The van der Waals surface area contributed by atoms with Crippen molar-refractivity contribution in [3.05, 3.63) is 17.5 Å². The van der Waals surface area contributed by atoms with E-state index >= 15 is 0 Å². The Labute approximate surface area is 132 Å². The maximum Gasteiger partial charge on any atom is 0.272 e. The number of hydrogen-bond acceptors (Lipinski definition) is 4. The zero-order chi connectivity index (χ0) is 16.3. The van der Waals surface area contributed by atoms with Gasteiger partial charge in [0.05, 0.1) is 25.0 Å². The first-order valence-electron chi connectivity index (χ1n) is 7.89. The minimum Gasteiger partial charge on any atom is -0.394 e. The molecule has 1 saturated heterocycles. The van der Waals surface area contributed by atoms with Gasteiger partial charge in [-0.2, -0.15) is 5.10 Å². The summed E-state index contributed by atoms with van der Waals surface area (Å²) in [6, 6.07) is 1.90. The second kappa shape index (κ2) is 6.79. The molecule has 0 saturated carbocycles. The molecular weight excluding hydrogens is 282 g/mol. The van der Waals surface area contributed by atoms with E-state index in [2.05, 4.69) is 25.9 Å². The quantitative estimate of drug-likeness (QED) is 0.911. The molecule has 1 aromatic rings. The number of amides is 1. The van der Waals surface area contributed by atoms with Gasteiger partial charge in [-0.05, 0) is 18.9 Å². The lowest BCUT2D eigenvalue weighted by molar-refractivity contribution is -0.00573. The molecule has 0 aliphatic carbocycles. The van der Waals surface area contributed by atoms with E-state index in [-0.39, 0.29) is 24.0 Å². The van der Waals surface area contributed by atoms with Gasteiger partial charge in [0.25, 0.3) is 5.91 Å². The number of aromatic nitrogens is 2. The molecule has 0 aromatic carbocycles. The summed E-state index contributed by atoms with van der Waals surface area (Å²) in [7, 11) is 1.82. The standard InChI is InChI=1S/C16H27N3O3/c1-16(2,3)14-11-13(18(4)17-14)15(21)19-7-5-12(6-8-19)22-10-9-20/h11-12,20H,5-10H2,1-4H3. The second-order valence-corrected chi connectivity index (χ2v) is 6.87. The van der Waals surface area contributed by atoms with Gasteiger partial charge in [0.2, 0.25) is 0 Å². The lowest BCUT2D eigenvalue weighted by Crippen LogP contribution is -2.41. The van der Waals surface area contributed by atoms with Crippen molar-refractivity contribution in [2.24, 2.45) is 7.05 Å². The van der Waals surface area contributed by atoms with Crippen LogP contribution in [0, 0.1) is 0 Å². The summed E-state index contributed by atoms with van der Waals surface area (Å²) in [6.07, 6.45) is 1.78. The molecule has 22 heavy (non-hydrogen) atoms. The highest BCUT2D eigenvalue weighted by Gasteiger charge is 2.27. The van der Waals surface area contributed by atoms with Crippen LogP contribution in [-0.4, -0.2) is 58.1 Å². The fraction of sp³-hybridized carbons (Fsp3) is 0.750. The van der Waals surface area contributed by atoms with E-state index in [4.69, 9.17) is 9.84 Å². The Morgan fingerprint density at radius 3 is 2.55 bits per heavy atom. The molecule has 2 heterocycles. The molecular formula is C16H27N3O3. The molecule has 1 aliphatic heterocycles. The molecule has 6 nitrogen and oxygen atoms in total. The summed E-state index contributed by atoms with van der Waals surface area (Å²) in [5, 5.41) is 13.3. The predicted octanol–water partition coefficient (Wildman–Crippen LogP) is 1.33. The van der Waals surface area contributed by atoms with E-state index in [0.717, 1.165) is 18.5 Å². The SMILES string of the molecule is Cn1nc(C(C)(C)C)cc1C(=O)N1CCC(OCCO)CC1. The number of nitrogens with zero attached hydrogens (tertiary/aromatic N) is 3. The number of aliphatic hydroxyl groups is 1. The topological polar surface area (TPSA) is 67.6 Å². The Morgan fingerprint density at radius 1 is 1.41 bits per heavy atom. The van der Waals surface area contributed by atoms with Crippen LogP contribution in [0.4, 0.5) is 0 Å². The Balaban J connectivity index is 2.00. The lowest BCUT2D eigenvalue weighted by atomic mass is 9.92. The molecule has 1 N–H and O–H groups in total. The van der Waals surface area contributed by atoms with E-state index in [1.807, 2.05) is 18.0 Å². The molecule has 1 aliphatic rings. The maximum atomic E-state index is 12.7. The van der Waals surface area contributed by atoms with Crippen molar-refractivity contribution in [3.8, 4) is 0 Å². The van der Waals surface area contributed by atoms with Crippen molar-refractivity contribution in [3.63, 3.8) is 0 Å². The minimum absolute atomic E-state index is 0.0334. The minimum atomic E-state index is -0.0680. The number of likely N-dealkylation sites (tertiary alicyclic amines) is 1. The highest BCUT2D eigenvalue weighted by molar-refractivity contribution is 5.92. The smallest absolute Gasteiger partial charge is 0.272 e. The largest absolute Gasteiger partial charge is 0.394 e. The van der Waals surface area contributed by atoms with Gasteiger partial charge in [0.15, 0.2) is 0 Å². The molecule has 0 radical (unpaired) electrons. The number of aliphatic hydroxyl groups excluding tert-OH is 1. The Morgan fingerprint density at radius 2 is 2.05 bits per heavy atom. The third-order valence-electron chi connectivity index (χ3n) is 4.04. The van der Waals surface area contributed by atoms with Crippen LogP contribution >= 0.6 is 0 Å². The van der Waals surface area contributed by atoms with E-state index in [1.54, 1.807) is 4.68 Å². The summed E-state index contributed by atoms with van der Waals surface area (Å²) in [6.45, 7) is 8.06. The molecule has 0 unspecified atom stereocenters. The number of carbonyl (C=O) groups is 1. The number of rotatable bonds is 4. The van der Waals surface area contributed by atoms with Crippen molar-refractivity contribution in [1.29, 1.82) is 0 Å². The van der Waals surface area contributed by atoms with E-state index in [0.29, 0.717) is 25.4 Å². The van der Waals surface area contributed by atoms with Crippen LogP contribution in [0.2, 0.25) is 0 Å². The van der Waals surface area contributed by atoms with Crippen LogP contribution in [0.25, 0.3) is 0 Å². The zero-order valence-corrected chi connectivity index (χ0v) is 14.0. The fourth-order valence-electron chi connectivity index (χ4n) is 2.64. The monoisotopic (exact) mass is 309 g/mol. The summed E-state index contributed by atoms with van der Waals surface area (Å²) in [5.74, 6) is 0.0334. The van der Waals surface area contributed by atoms with Crippen LogP contribution in [-0.2, 0) is 17.2 Å². The van der Waals surface area contributed by atoms with E-state index < -0.39 is 0 Å². The van der Waals surface area contributed by atoms with Crippen molar-refractivity contribution < 1.29 is 14.6 Å². The van der Waals surface area contributed by atoms with Gasteiger partial charge in [-0.3, -0.25) is 9.48 Å². The van der Waals surface area contributed by atoms with Crippen LogP contribution in [0.15, 0.2) is 6.07 Å². The number of hydrogen-bond donors (Lipinski definition) is 1. The Bertz CT molecular complexity index is 511. The number of piperidine rings is 1. The highest BCUT2D eigenvalue weighted by atomic mass is 16.5. The van der Waals surface area contributed by atoms with E-state index in [9.17, 15) is 4.79 Å². The van der Waals surface area contributed by atoms with Crippen LogP contribution in [0.5, 0.6) is 0 Å². The number of aryl methyl sites for hydroxylation is 1. The van der Waals surface area contributed by atoms with Gasteiger partial charge in [0.1, 0.15) is 5.69 Å². The maximum absolute atomic E-state index is 12.7. The van der Waals surface area contributed by atoms with Crippen LogP contribution in [0.3, 0.4) is 0 Å². The summed E-state index contributed by atoms with van der Waals surface area (Å²) < 4.78 is 7.21. The van der Waals surface area contributed by atoms with Crippen molar-refractivity contribution in [2.75, 3.05) is 26.3 Å². The second-order valence-electron chi connectivity index (χ2n) is 6.87. The third-order valence-corrected chi connectivity index (χ3v) is 4.04. The summed E-state index contributed by atoms with van der Waals surface area (Å²) in [5.41, 5.74) is 1.50. The normalized spacial score (nSPS) is 17.0. The average molecular weight is 309 g/mol. The number of ether oxygens (including phenoxy) is 1. The lowest BCUT2D eigenvalue weighted by Gasteiger charge is -2.31. The molecule has 2 rings (SSSR count). The molecule has 0 bridgehead atoms. The zero-order valence-electron chi connectivity index (χ0n) is 14.0. The Kier molecular flexibility index (Phi) is 5.24. The number of carbonyl (C=O) groups excluding carboxylic acids is 1. The summed E-state index contributed by atoms with van der Waals surface area (Å²) >= 11 is 0. The fourth-order valence-corrected chi connectivity index (χ4v) is 2.64. The van der Waals surface area contributed by atoms with Gasteiger partial charge >= 0.3 is 0 Å². The first-order valence-corrected chi connectivity index (χ1v) is 7.89. The van der Waals surface area contributed by atoms with Crippen LogP contribution in [0.1, 0.15) is 49.8 Å². The van der Waals surface area contributed by atoms with E-state index in [1.165, 1.54) is 0 Å².